The number of para-hydroxylation sites is 2. The van der Waals surface area contributed by atoms with Crippen molar-refractivity contribution in [2.45, 2.75) is 44.7 Å². The fourth-order valence-corrected chi connectivity index (χ4v) is 2.99. The minimum Gasteiger partial charge on any atom is -0.328 e. The summed E-state index contributed by atoms with van der Waals surface area (Å²) in [6, 6.07) is 8.76. The van der Waals surface area contributed by atoms with Gasteiger partial charge in [-0.05, 0) is 38.3 Å². The maximum absolute atomic E-state index is 6.01. The molecule has 1 aliphatic carbocycles. The van der Waals surface area contributed by atoms with E-state index in [2.05, 4.69) is 35.8 Å². The number of nitrogens with two attached hydrogens (primary N) is 1. The number of hydrogen-bond donors (Lipinski definition) is 1. The molecular weight excluding hydrogens is 210 g/mol. The summed E-state index contributed by atoms with van der Waals surface area (Å²) in [5.41, 5.74) is 8.38. The lowest BCUT2D eigenvalue weighted by Gasteiger charge is -2.11. The van der Waals surface area contributed by atoms with E-state index in [1.54, 1.807) is 0 Å². The first-order valence-electron chi connectivity index (χ1n) is 6.50. The van der Waals surface area contributed by atoms with Crippen LogP contribution in [0.4, 0.5) is 0 Å². The Hall–Kier alpha value is -1.35. The highest BCUT2D eigenvalue weighted by molar-refractivity contribution is 5.76. The first-order chi connectivity index (χ1) is 8.29. The van der Waals surface area contributed by atoms with E-state index < -0.39 is 0 Å². The van der Waals surface area contributed by atoms with Gasteiger partial charge in [-0.15, -0.1) is 0 Å². The number of benzene rings is 1. The van der Waals surface area contributed by atoms with E-state index in [4.69, 9.17) is 10.7 Å². The van der Waals surface area contributed by atoms with Crippen LogP contribution in [0, 0.1) is 0 Å². The minimum atomic E-state index is 0.366. The lowest BCUT2D eigenvalue weighted by atomic mass is 10.1. The van der Waals surface area contributed by atoms with E-state index in [0.29, 0.717) is 12.0 Å². The molecule has 1 fully saturated rings. The summed E-state index contributed by atoms with van der Waals surface area (Å²) in [7, 11) is 0. The van der Waals surface area contributed by atoms with Crippen molar-refractivity contribution in [3.63, 3.8) is 0 Å². The number of aryl methyl sites for hydroxylation is 1. The van der Waals surface area contributed by atoms with Crippen LogP contribution in [0.5, 0.6) is 0 Å². The van der Waals surface area contributed by atoms with Gasteiger partial charge in [-0.3, -0.25) is 0 Å². The van der Waals surface area contributed by atoms with Gasteiger partial charge in [-0.1, -0.05) is 12.1 Å². The summed E-state index contributed by atoms with van der Waals surface area (Å²) in [6.07, 6.45) is 3.41. The minimum absolute atomic E-state index is 0.366. The van der Waals surface area contributed by atoms with Crippen LogP contribution in [-0.4, -0.2) is 15.6 Å². The Morgan fingerprint density at radius 1 is 1.35 bits per heavy atom. The first kappa shape index (κ1) is 10.8. The normalized spacial score (nSPS) is 24.6. The van der Waals surface area contributed by atoms with Gasteiger partial charge in [-0.25, -0.2) is 4.98 Å². The van der Waals surface area contributed by atoms with E-state index in [9.17, 15) is 0 Å². The second kappa shape index (κ2) is 4.15. The van der Waals surface area contributed by atoms with Crippen LogP contribution in [0.15, 0.2) is 24.3 Å². The lowest BCUT2D eigenvalue weighted by molar-refractivity contribution is 0.598. The summed E-state index contributed by atoms with van der Waals surface area (Å²) in [5.74, 6) is 1.79. The molecule has 2 unspecified atom stereocenters. The van der Waals surface area contributed by atoms with Crippen LogP contribution in [0.1, 0.15) is 37.9 Å². The number of imidazole rings is 1. The zero-order valence-electron chi connectivity index (χ0n) is 10.3. The van der Waals surface area contributed by atoms with Crippen molar-refractivity contribution in [3.05, 3.63) is 30.1 Å². The molecule has 0 spiro atoms. The molecule has 1 aliphatic rings. The van der Waals surface area contributed by atoms with Crippen LogP contribution in [0.2, 0.25) is 0 Å². The van der Waals surface area contributed by atoms with Crippen LogP contribution < -0.4 is 5.73 Å². The molecule has 0 aliphatic heterocycles. The standard InChI is InChI=1S/C14H19N3/c1-2-17-13-6-4-3-5-12(13)16-14(17)10-7-8-11(15)9-10/h3-6,10-11H,2,7-9,15H2,1H3. The van der Waals surface area contributed by atoms with Crippen LogP contribution in [-0.2, 0) is 6.54 Å². The Balaban J connectivity index is 2.09. The van der Waals surface area contributed by atoms with Crippen molar-refractivity contribution in [3.8, 4) is 0 Å². The number of hydrogen-bond acceptors (Lipinski definition) is 2. The zero-order valence-corrected chi connectivity index (χ0v) is 10.3. The van der Waals surface area contributed by atoms with Crippen molar-refractivity contribution in [2.24, 2.45) is 5.73 Å². The highest BCUT2D eigenvalue weighted by Gasteiger charge is 2.27. The molecule has 2 aromatic rings. The molecule has 2 atom stereocenters. The number of nitrogens with zero attached hydrogens (tertiary/aromatic N) is 2. The number of aromatic nitrogens is 2. The predicted molar refractivity (Wildman–Crippen MR) is 70.0 cm³/mol. The van der Waals surface area contributed by atoms with E-state index >= 15 is 0 Å². The van der Waals surface area contributed by atoms with Crippen molar-refractivity contribution in [2.75, 3.05) is 0 Å². The number of rotatable bonds is 2. The highest BCUT2D eigenvalue weighted by Crippen LogP contribution is 2.34. The summed E-state index contributed by atoms with van der Waals surface area (Å²) < 4.78 is 2.35. The van der Waals surface area contributed by atoms with Crippen molar-refractivity contribution in [1.82, 2.24) is 9.55 Å². The quantitative estimate of drug-likeness (QED) is 0.860. The van der Waals surface area contributed by atoms with Gasteiger partial charge in [0.15, 0.2) is 0 Å². The summed E-state index contributed by atoms with van der Waals surface area (Å²) >= 11 is 0. The molecule has 1 aromatic carbocycles. The molecule has 1 aromatic heterocycles. The molecule has 17 heavy (non-hydrogen) atoms. The van der Waals surface area contributed by atoms with Gasteiger partial charge >= 0.3 is 0 Å². The van der Waals surface area contributed by atoms with E-state index in [1.165, 1.54) is 17.8 Å². The molecule has 2 N–H and O–H groups in total. The molecule has 3 heteroatoms. The Morgan fingerprint density at radius 2 is 2.18 bits per heavy atom. The van der Waals surface area contributed by atoms with Gasteiger partial charge in [0, 0.05) is 18.5 Å². The molecule has 0 radical (unpaired) electrons. The first-order valence-corrected chi connectivity index (χ1v) is 6.50. The Morgan fingerprint density at radius 3 is 2.88 bits per heavy atom. The second-order valence-corrected chi connectivity index (χ2v) is 4.97. The second-order valence-electron chi connectivity index (χ2n) is 4.97. The fraction of sp³-hybridized carbons (Fsp3) is 0.500. The van der Waals surface area contributed by atoms with E-state index in [0.717, 1.165) is 24.9 Å². The molecule has 3 nitrogen and oxygen atoms in total. The maximum Gasteiger partial charge on any atom is 0.113 e. The molecule has 1 heterocycles. The van der Waals surface area contributed by atoms with Gasteiger partial charge in [0.05, 0.1) is 11.0 Å². The van der Waals surface area contributed by atoms with Crippen molar-refractivity contribution >= 4 is 11.0 Å². The van der Waals surface area contributed by atoms with Crippen molar-refractivity contribution in [1.29, 1.82) is 0 Å². The van der Waals surface area contributed by atoms with Crippen molar-refractivity contribution < 1.29 is 0 Å². The molecular formula is C14H19N3. The number of fused-ring (bicyclic) bond motifs is 1. The Bertz CT molecular complexity index is 529. The third-order valence-corrected chi connectivity index (χ3v) is 3.84. The Labute approximate surface area is 102 Å². The third kappa shape index (κ3) is 1.75. The molecule has 90 valence electrons. The highest BCUT2D eigenvalue weighted by atomic mass is 15.1. The molecule has 0 bridgehead atoms. The summed E-state index contributed by atoms with van der Waals surface area (Å²) in [6.45, 7) is 3.17. The SMILES string of the molecule is CCn1c(C2CCC(N)C2)nc2ccccc21. The third-order valence-electron chi connectivity index (χ3n) is 3.84. The van der Waals surface area contributed by atoms with Gasteiger partial charge in [0.25, 0.3) is 0 Å². The van der Waals surface area contributed by atoms with Gasteiger partial charge in [0.2, 0.25) is 0 Å². The molecule has 1 saturated carbocycles. The predicted octanol–water partition coefficient (Wildman–Crippen LogP) is 2.65. The summed E-state index contributed by atoms with van der Waals surface area (Å²) in [5, 5.41) is 0. The molecule has 0 saturated heterocycles. The monoisotopic (exact) mass is 229 g/mol. The van der Waals surface area contributed by atoms with E-state index in [-0.39, 0.29) is 0 Å². The molecule has 0 amide bonds. The van der Waals surface area contributed by atoms with E-state index in [1.807, 2.05) is 0 Å². The van der Waals surface area contributed by atoms with Gasteiger partial charge < -0.3 is 10.3 Å². The maximum atomic E-state index is 6.01. The average molecular weight is 229 g/mol. The van der Waals surface area contributed by atoms with Crippen LogP contribution in [0.3, 0.4) is 0 Å². The zero-order chi connectivity index (χ0) is 11.8. The van der Waals surface area contributed by atoms with Gasteiger partial charge in [0.1, 0.15) is 5.82 Å². The lowest BCUT2D eigenvalue weighted by Crippen LogP contribution is -2.15. The average Bonchev–Trinajstić information content (AvgIpc) is 2.91. The Kier molecular flexibility index (Phi) is 2.63. The van der Waals surface area contributed by atoms with Crippen LogP contribution >= 0.6 is 0 Å². The summed E-state index contributed by atoms with van der Waals surface area (Å²) in [4.78, 5) is 4.81. The largest absolute Gasteiger partial charge is 0.328 e. The van der Waals surface area contributed by atoms with Gasteiger partial charge in [-0.2, -0.15) is 0 Å². The molecule has 3 rings (SSSR count). The van der Waals surface area contributed by atoms with Crippen LogP contribution in [0.25, 0.3) is 11.0 Å². The smallest absolute Gasteiger partial charge is 0.113 e. The fourth-order valence-electron chi connectivity index (χ4n) is 2.99. The topological polar surface area (TPSA) is 43.8 Å².